The standard InChI is InChI=1S/C10H13N3O/c11-7-1-3-8(4-2-7)12-10(14)13-9-5-6-9/h1-4,9H,5-6,11H2,(H2,12,13,14). The normalized spacial score (nSPS) is 14.9. The fourth-order valence-electron chi connectivity index (χ4n) is 1.15. The molecule has 0 aromatic heterocycles. The van der Waals surface area contributed by atoms with E-state index in [4.69, 9.17) is 5.73 Å². The van der Waals surface area contributed by atoms with E-state index < -0.39 is 0 Å². The molecule has 0 heterocycles. The first kappa shape index (κ1) is 8.87. The van der Waals surface area contributed by atoms with E-state index in [1.165, 1.54) is 0 Å². The van der Waals surface area contributed by atoms with Gasteiger partial charge in [-0.15, -0.1) is 0 Å². The van der Waals surface area contributed by atoms with Crippen LogP contribution in [0.15, 0.2) is 24.3 Å². The molecule has 14 heavy (non-hydrogen) atoms. The summed E-state index contributed by atoms with van der Waals surface area (Å²) in [6.07, 6.45) is 2.18. The Hall–Kier alpha value is -1.71. The first-order valence-corrected chi connectivity index (χ1v) is 4.67. The summed E-state index contributed by atoms with van der Waals surface area (Å²) in [7, 11) is 0. The minimum Gasteiger partial charge on any atom is -0.399 e. The highest BCUT2D eigenvalue weighted by molar-refractivity contribution is 5.89. The van der Waals surface area contributed by atoms with Crippen LogP contribution >= 0.6 is 0 Å². The number of anilines is 2. The second kappa shape index (κ2) is 3.57. The lowest BCUT2D eigenvalue weighted by atomic mass is 10.3. The highest BCUT2D eigenvalue weighted by atomic mass is 16.2. The van der Waals surface area contributed by atoms with E-state index >= 15 is 0 Å². The average Bonchev–Trinajstić information content (AvgIpc) is 2.93. The SMILES string of the molecule is Nc1ccc(NC(=O)NC2CC2)cc1. The third-order valence-corrected chi connectivity index (χ3v) is 2.08. The molecule has 1 aliphatic carbocycles. The largest absolute Gasteiger partial charge is 0.399 e. The molecule has 74 valence electrons. The van der Waals surface area contributed by atoms with Crippen LogP contribution in [-0.4, -0.2) is 12.1 Å². The highest BCUT2D eigenvalue weighted by Crippen LogP contribution is 2.18. The van der Waals surface area contributed by atoms with Gasteiger partial charge < -0.3 is 16.4 Å². The Balaban J connectivity index is 1.89. The summed E-state index contributed by atoms with van der Waals surface area (Å²) < 4.78 is 0. The minimum absolute atomic E-state index is 0.141. The van der Waals surface area contributed by atoms with Gasteiger partial charge in [-0.3, -0.25) is 0 Å². The van der Waals surface area contributed by atoms with Gasteiger partial charge in [0, 0.05) is 17.4 Å². The van der Waals surface area contributed by atoms with Crippen molar-refractivity contribution in [2.75, 3.05) is 11.1 Å². The molecule has 1 aromatic carbocycles. The number of nitrogens with two attached hydrogens (primary N) is 1. The monoisotopic (exact) mass is 191 g/mol. The second-order valence-corrected chi connectivity index (χ2v) is 3.49. The molecular weight excluding hydrogens is 178 g/mol. The van der Waals surface area contributed by atoms with E-state index in [1.54, 1.807) is 24.3 Å². The zero-order chi connectivity index (χ0) is 9.97. The highest BCUT2D eigenvalue weighted by Gasteiger charge is 2.22. The van der Waals surface area contributed by atoms with Crippen LogP contribution in [0.2, 0.25) is 0 Å². The molecule has 4 N–H and O–H groups in total. The smallest absolute Gasteiger partial charge is 0.319 e. The summed E-state index contributed by atoms with van der Waals surface area (Å²) in [5.74, 6) is 0. The quantitative estimate of drug-likeness (QED) is 0.621. The van der Waals surface area contributed by atoms with Crippen molar-refractivity contribution in [2.45, 2.75) is 18.9 Å². The molecule has 1 fully saturated rings. The van der Waals surface area contributed by atoms with Crippen LogP contribution in [0.1, 0.15) is 12.8 Å². The molecule has 1 aromatic rings. The lowest BCUT2D eigenvalue weighted by Crippen LogP contribution is -2.30. The number of rotatable bonds is 2. The Morgan fingerprint density at radius 1 is 1.29 bits per heavy atom. The van der Waals surface area contributed by atoms with Crippen LogP contribution in [0, 0.1) is 0 Å². The van der Waals surface area contributed by atoms with Gasteiger partial charge in [-0.05, 0) is 37.1 Å². The van der Waals surface area contributed by atoms with Gasteiger partial charge in [-0.25, -0.2) is 4.79 Å². The summed E-state index contributed by atoms with van der Waals surface area (Å²) in [5, 5.41) is 5.57. The Morgan fingerprint density at radius 3 is 2.50 bits per heavy atom. The number of amides is 2. The van der Waals surface area contributed by atoms with Crippen LogP contribution in [0.4, 0.5) is 16.2 Å². The molecule has 0 aliphatic heterocycles. The summed E-state index contributed by atoms with van der Waals surface area (Å²) in [6.45, 7) is 0. The molecule has 2 amide bonds. The molecule has 1 aliphatic rings. The van der Waals surface area contributed by atoms with E-state index in [2.05, 4.69) is 10.6 Å². The van der Waals surface area contributed by atoms with Crippen molar-refractivity contribution in [3.8, 4) is 0 Å². The zero-order valence-corrected chi connectivity index (χ0v) is 7.79. The van der Waals surface area contributed by atoms with Gasteiger partial charge in [-0.1, -0.05) is 0 Å². The second-order valence-electron chi connectivity index (χ2n) is 3.49. The van der Waals surface area contributed by atoms with Crippen LogP contribution in [0.25, 0.3) is 0 Å². The van der Waals surface area contributed by atoms with Gasteiger partial charge in [-0.2, -0.15) is 0 Å². The number of benzene rings is 1. The lowest BCUT2D eigenvalue weighted by molar-refractivity contribution is 0.251. The van der Waals surface area contributed by atoms with Crippen molar-refractivity contribution in [3.05, 3.63) is 24.3 Å². The van der Waals surface area contributed by atoms with Gasteiger partial charge in [0.2, 0.25) is 0 Å². The van der Waals surface area contributed by atoms with Crippen molar-refractivity contribution in [1.29, 1.82) is 0 Å². The molecule has 0 spiro atoms. The van der Waals surface area contributed by atoms with Gasteiger partial charge >= 0.3 is 6.03 Å². The Kier molecular flexibility index (Phi) is 2.26. The molecule has 4 heteroatoms. The van der Waals surface area contributed by atoms with Crippen molar-refractivity contribution in [3.63, 3.8) is 0 Å². The molecule has 1 saturated carbocycles. The van der Waals surface area contributed by atoms with E-state index in [0.29, 0.717) is 11.7 Å². The number of urea groups is 1. The van der Waals surface area contributed by atoms with E-state index in [9.17, 15) is 4.79 Å². The number of carbonyl (C=O) groups excluding carboxylic acids is 1. The molecule has 0 unspecified atom stereocenters. The summed E-state index contributed by atoms with van der Waals surface area (Å²) in [6, 6.07) is 7.31. The molecule has 0 bridgehead atoms. The maximum Gasteiger partial charge on any atom is 0.319 e. The summed E-state index contributed by atoms with van der Waals surface area (Å²) in [5.41, 5.74) is 6.97. The van der Waals surface area contributed by atoms with Crippen molar-refractivity contribution >= 4 is 17.4 Å². The van der Waals surface area contributed by atoms with Gasteiger partial charge in [0.1, 0.15) is 0 Å². The number of hydrogen-bond acceptors (Lipinski definition) is 2. The first-order valence-electron chi connectivity index (χ1n) is 4.67. The fraction of sp³-hybridized carbons (Fsp3) is 0.300. The van der Waals surface area contributed by atoms with Gasteiger partial charge in [0.05, 0.1) is 0 Å². The molecular formula is C10H13N3O. The van der Waals surface area contributed by atoms with Gasteiger partial charge in [0.15, 0.2) is 0 Å². The third-order valence-electron chi connectivity index (χ3n) is 2.08. The van der Waals surface area contributed by atoms with Crippen LogP contribution in [0.3, 0.4) is 0 Å². The average molecular weight is 191 g/mol. The van der Waals surface area contributed by atoms with Crippen molar-refractivity contribution < 1.29 is 4.79 Å². The van der Waals surface area contributed by atoms with E-state index in [0.717, 1.165) is 18.5 Å². The number of hydrogen-bond donors (Lipinski definition) is 3. The zero-order valence-electron chi connectivity index (χ0n) is 7.79. The lowest BCUT2D eigenvalue weighted by Gasteiger charge is -2.06. The third kappa shape index (κ3) is 2.39. The summed E-state index contributed by atoms with van der Waals surface area (Å²) >= 11 is 0. The van der Waals surface area contributed by atoms with E-state index in [-0.39, 0.29) is 6.03 Å². The molecule has 0 atom stereocenters. The molecule has 2 rings (SSSR count). The minimum atomic E-state index is -0.141. The Labute approximate surface area is 82.5 Å². The molecule has 4 nitrogen and oxygen atoms in total. The van der Waals surface area contributed by atoms with E-state index in [1.807, 2.05) is 0 Å². The van der Waals surface area contributed by atoms with Gasteiger partial charge in [0.25, 0.3) is 0 Å². The molecule has 0 saturated heterocycles. The number of nitrogen functional groups attached to an aromatic ring is 1. The van der Waals surface area contributed by atoms with Crippen LogP contribution in [0.5, 0.6) is 0 Å². The predicted molar refractivity (Wildman–Crippen MR) is 56.0 cm³/mol. The Bertz CT molecular complexity index is 330. The van der Waals surface area contributed by atoms with Crippen LogP contribution < -0.4 is 16.4 Å². The fourth-order valence-corrected chi connectivity index (χ4v) is 1.15. The van der Waals surface area contributed by atoms with Crippen molar-refractivity contribution in [1.82, 2.24) is 5.32 Å². The summed E-state index contributed by atoms with van der Waals surface area (Å²) in [4.78, 5) is 11.3. The maximum absolute atomic E-state index is 11.3. The first-order chi connectivity index (χ1) is 6.74. The predicted octanol–water partition coefficient (Wildman–Crippen LogP) is 1.55. The van der Waals surface area contributed by atoms with Crippen molar-refractivity contribution in [2.24, 2.45) is 0 Å². The number of nitrogens with one attached hydrogen (secondary N) is 2. The topological polar surface area (TPSA) is 67.1 Å². The maximum atomic E-state index is 11.3. The number of carbonyl (C=O) groups is 1. The Morgan fingerprint density at radius 2 is 1.93 bits per heavy atom. The van der Waals surface area contributed by atoms with Crippen LogP contribution in [-0.2, 0) is 0 Å². The molecule has 0 radical (unpaired) electrons.